The normalized spacial score (nSPS) is 10.7. The molecule has 0 saturated heterocycles. The van der Waals surface area contributed by atoms with Gasteiger partial charge in [0.05, 0.1) is 29.5 Å². The highest BCUT2D eigenvalue weighted by atomic mass is 35.5. The van der Waals surface area contributed by atoms with E-state index in [1.807, 2.05) is 0 Å². The molecule has 0 aliphatic heterocycles. The van der Waals surface area contributed by atoms with E-state index in [4.69, 9.17) is 26.6 Å². The lowest BCUT2D eigenvalue weighted by Gasteiger charge is -2.16. The summed E-state index contributed by atoms with van der Waals surface area (Å²) in [5.74, 6) is 0.196. The predicted molar refractivity (Wildman–Crippen MR) is 64.5 cm³/mol. The Labute approximate surface area is 108 Å². The molecule has 0 aliphatic rings. The van der Waals surface area contributed by atoms with E-state index in [1.165, 1.54) is 23.1 Å². The van der Waals surface area contributed by atoms with Crippen molar-refractivity contribution in [2.75, 3.05) is 26.6 Å². The molecule has 0 fully saturated rings. The van der Waals surface area contributed by atoms with E-state index in [-0.39, 0.29) is 43.1 Å². The van der Waals surface area contributed by atoms with Crippen molar-refractivity contribution in [3.63, 3.8) is 0 Å². The molecule has 0 aliphatic carbocycles. The van der Waals surface area contributed by atoms with Crippen molar-refractivity contribution in [2.24, 2.45) is 0 Å². The molecule has 7 nitrogen and oxygen atoms in total. The summed E-state index contributed by atoms with van der Waals surface area (Å²) in [6, 6.07) is 3.89. The number of nitro benzene ring substituents is 1. The van der Waals surface area contributed by atoms with E-state index < -0.39 is 4.92 Å². The van der Waals surface area contributed by atoms with E-state index in [0.29, 0.717) is 0 Å². The second-order valence-electron chi connectivity index (χ2n) is 3.40. The van der Waals surface area contributed by atoms with Gasteiger partial charge in [-0.1, -0.05) is 11.6 Å². The molecule has 100 valence electrons. The summed E-state index contributed by atoms with van der Waals surface area (Å²) in [5, 5.41) is 28.4. The average molecular weight is 277 g/mol. The number of hydrogen-bond acceptors (Lipinski definition) is 6. The van der Waals surface area contributed by atoms with Gasteiger partial charge in [-0.25, -0.2) is 0 Å². The van der Waals surface area contributed by atoms with Crippen molar-refractivity contribution in [1.29, 1.82) is 0 Å². The number of ether oxygens (including phenoxy) is 1. The topological polar surface area (TPSA) is 96.1 Å². The third-order valence-electron chi connectivity index (χ3n) is 2.19. The van der Waals surface area contributed by atoms with Crippen molar-refractivity contribution < 1.29 is 19.9 Å². The standard InChI is InChI=1S/C10H13ClN2O5/c11-9-2-1-8(13(16)17)5-10(9)18-4-3-12(6-14)7-15/h1-2,5,14-15H,3-4,6-7H2. The van der Waals surface area contributed by atoms with E-state index in [2.05, 4.69) is 0 Å². The van der Waals surface area contributed by atoms with Gasteiger partial charge in [0.25, 0.3) is 5.69 Å². The first kappa shape index (κ1) is 14.7. The third-order valence-corrected chi connectivity index (χ3v) is 2.50. The van der Waals surface area contributed by atoms with Gasteiger partial charge in [-0.05, 0) is 6.07 Å². The highest BCUT2D eigenvalue weighted by Crippen LogP contribution is 2.28. The molecule has 0 radical (unpaired) electrons. The fraction of sp³-hybridized carbons (Fsp3) is 0.400. The second kappa shape index (κ2) is 7.12. The van der Waals surface area contributed by atoms with E-state index in [9.17, 15) is 10.1 Å². The molecule has 0 aromatic heterocycles. The zero-order valence-corrected chi connectivity index (χ0v) is 10.2. The van der Waals surface area contributed by atoms with Crippen LogP contribution in [-0.4, -0.2) is 46.6 Å². The quantitative estimate of drug-likeness (QED) is 0.435. The van der Waals surface area contributed by atoms with Gasteiger partial charge in [-0.2, -0.15) is 0 Å². The predicted octanol–water partition coefficient (Wildman–Crippen LogP) is 0.829. The number of non-ortho nitro benzene ring substituents is 1. The minimum atomic E-state index is -0.545. The van der Waals surface area contributed by atoms with Crippen molar-refractivity contribution in [3.8, 4) is 5.75 Å². The zero-order valence-electron chi connectivity index (χ0n) is 9.45. The lowest BCUT2D eigenvalue weighted by atomic mass is 10.3. The van der Waals surface area contributed by atoms with Crippen LogP contribution in [0.1, 0.15) is 0 Å². The smallest absolute Gasteiger partial charge is 0.273 e. The number of aliphatic hydroxyl groups is 2. The first-order chi connectivity index (χ1) is 8.58. The lowest BCUT2D eigenvalue weighted by Crippen LogP contribution is -2.30. The summed E-state index contributed by atoms with van der Waals surface area (Å²) in [7, 11) is 0. The van der Waals surface area contributed by atoms with Gasteiger partial charge < -0.3 is 14.9 Å². The molecule has 0 saturated carbocycles. The van der Waals surface area contributed by atoms with Gasteiger partial charge in [0.1, 0.15) is 12.4 Å². The van der Waals surface area contributed by atoms with Crippen LogP contribution in [0.5, 0.6) is 5.75 Å². The van der Waals surface area contributed by atoms with Crippen molar-refractivity contribution in [2.45, 2.75) is 0 Å². The SMILES string of the molecule is O=[N+]([O-])c1ccc(Cl)c(OCCN(CO)CO)c1. The first-order valence-electron chi connectivity index (χ1n) is 5.09. The maximum atomic E-state index is 10.6. The molecule has 0 bridgehead atoms. The van der Waals surface area contributed by atoms with Crippen LogP contribution < -0.4 is 4.74 Å². The van der Waals surface area contributed by atoms with Crippen molar-refractivity contribution in [3.05, 3.63) is 33.3 Å². The molecule has 0 spiro atoms. The largest absolute Gasteiger partial charge is 0.490 e. The Kier molecular flexibility index (Phi) is 5.79. The number of nitrogens with zero attached hydrogens (tertiary/aromatic N) is 2. The fourth-order valence-electron chi connectivity index (χ4n) is 1.19. The summed E-state index contributed by atoms with van der Waals surface area (Å²) < 4.78 is 5.26. The van der Waals surface area contributed by atoms with Crippen LogP contribution in [0.4, 0.5) is 5.69 Å². The second-order valence-corrected chi connectivity index (χ2v) is 3.80. The summed E-state index contributed by atoms with van der Waals surface area (Å²) in [4.78, 5) is 11.3. The van der Waals surface area contributed by atoms with Crippen LogP contribution in [0.2, 0.25) is 5.02 Å². The molecule has 18 heavy (non-hydrogen) atoms. The summed E-state index contributed by atoms with van der Waals surface area (Å²) in [6.07, 6.45) is 0. The van der Waals surface area contributed by atoms with Gasteiger partial charge in [0.2, 0.25) is 0 Å². The Hall–Kier alpha value is -1.41. The Balaban J connectivity index is 2.61. The summed E-state index contributed by atoms with van der Waals surface area (Å²) >= 11 is 5.82. The van der Waals surface area contributed by atoms with E-state index in [0.717, 1.165) is 0 Å². The molecule has 1 rings (SSSR count). The summed E-state index contributed by atoms with van der Waals surface area (Å²) in [6.45, 7) is -0.195. The van der Waals surface area contributed by atoms with Crippen LogP contribution >= 0.6 is 11.6 Å². The Morgan fingerprint density at radius 3 is 2.61 bits per heavy atom. The Morgan fingerprint density at radius 2 is 2.06 bits per heavy atom. The maximum absolute atomic E-state index is 10.6. The van der Waals surface area contributed by atoms with Crippen LogP contribution in [0, 0.1) is 10.1 Å². The molecule has 8 heteroatoms. The van der Waals surface area contributed by atoms with Crippen LogP contribution in [0.3, 0.4) is 0 Å². The van der Waals surface area contributed by atoms with Gasteiger partial charge in [0.15, 0.2) is 0 Å². The van der Waals surface area contributed by atoms with E-state index in [1.54, 1.807) is 0 Å². The zero-order chi connectivity index (χ0) is 13.5. The van der Waals surface area contributed by atoms with E-state index >= 15 is 0 Å². The molecule has 0 heterocycles. The molecular weight excluding hydrogens is 264 g/mol. The van der Waals surface area contributed by atoms with Gasteiger partial charge in [0, 0.05) is 12.6 Å². The van der Waals surface area contributed by atoms with Gasteiger partial charge >= 0.3 is 0 Å². The molecule has 0 atom stereocenters. The molecule has 2 N–H and O–H groups in total. The Bertz CT molecular complexity index is 411. The Morgan fingerprint density at radius 1 is 1.39 bits per heavy atom. The highest BCUT2D eigenvalue weighted by Gasteiger charge is 2.11. The van der Waals surface area contributed by atoms with Gasteiger partial charge in [-0.15, -0.1) is 0 Å². The molecule has 0 amide bonds. The van der Waals surface area contributed by atoms with Gasteiger partial charge in [-0.3, -0.25) is 15.0 Å². The number of hydrogen-bond donors (Lipinski definition) is 2. The number of benzene rings is 1. The summed E-state index contributed by atoms with van der Waals surface area (Å²) in [5.41, 5.74) is -0.115. The average Bonchev–Trinajstić information content (AvgIpc) is 2.36. The maximum Gasteiger partial charge on any atom is 0.273 e. The number of nitro groups is 1. The van der Waals surface area contributed by atoms with Crippen molar-refractivity contribution in [1.82, 2.24) is 4.90 Å². The number of halogens is 1. The first-order valence-corrected chi connectivity index (χ1v) is 5.47. The van der Waals surface area contributed by atoms with Crippen molar-refractivity contribution >= 4 is 17.3 Å². The number of aliphatic hydroxyl groups excluding tert-OH is 2. The third kappa shape index (κ3) is 4.11. The monoisotopic (exact) mass is 276 g/mol. The minimum Gasteiger partial charge on any atom is -0.490 e. The lowest BCUT2D eigenvalue weighted by molar-refractivity contribution is -0.384. The van der Waals surface area contributed by atoms with Crippen LogP contribution in [-0.2, 0) is 0 Å². The minimum absolute atomic E-state index is 0.115. The van der Waals surface area contributed by atoms with Crippen LogP contribution in [0.15, 0.2) is 18.2 Å². The van der Waals surface area contributed by atoms with Crippen LogP contribution in [0.25, 0.3) is 0 Å². The highest BCUT2D eigenvalue weighted by molar-refractivity contribution is 6.32. The molecular formula is C10H13ClN2O5. The number of rotatable bonds is 7. The molecule has 1 aromatic rings. The molecule has 0 unspecified atom stereocenters. The fourth-order valence-corrected chi connectivity index (χ4v) is 1.36. The molecule has 1 aromatic carbocycles.